The van der Waals surface area contributed by atoms with Crippen molar-refractivity contribution in [2.75, 3.05) is 30.8 Å². The van der Waals surface area contributed by atoms with Gasteiger partial charge in [0, 0.05) is 25.2 Å². The summed E-state index contributed by atoms with van der Waals surface area (Å²) < 4.78 is 8.48. The van der Waals surface area contributed by atoms with E-state index in [1.54, 1.807) is 23.9 Å². The number of rotatable bonds is 8. The minimum absolute atomic E-state index is 0.171. The molecule has 1 heterocycles. The second-order valence-corrected chi connectivity index (χ2v) is 5.53. The van der Waals surface area contributed by atoms with E-state index < -0.39 is 0 Å². The van der Waals surface area contributed by atoms with Crippen LogP contribution in [0.2, 0.25) is 5.02 Å². The van der Waals surface area contributed by atoms with Crippen LogP contribution >= 0.6 is 11.6 Å². The van der Waals surface area contributed by atoms with E-state index in [4.69, 9.17) is 27.8 Å². The fourth-order valence-corrected chi connectivity index (χ4v) is 2.34. The summed E-state index contributed by atoms with van der Waals surface area (Å²) in [6.45, 7) is 2.24. The molecule has 0 amide bonds. The first-order valence-electron chi connectivity index (χ1n) is 7.36. The Kier molecular flexibility index (Phi) is 6.09. The van der Waals surface area contributed by atoms with Crippen molar-refractivity contribution in [2.24, 2.45) is 12.8 Å². The molecule has 0 saturated carbocycles. The molecule has 5 N–H and O–H groups in total. The first-order valence-corrected chi connectivity index (χ1v) is 7.73. The summed E-state index contributed by atoms with van der Waals surface area (Å²) in [7, 11) is 1.74. The Morgan fingerprint density at radius 1 is 1.26 bits per heavy atom. The SMILES string of the molecule is Cn1c(N)c(NCc2ccc(Cl)cc2)c(=O)n1CCOCCN. The molecule has 1 aromatic carbocycles. The highest BCUT2D eigenvalue weighted by atomic mass is 35.5. The molecular weight excluding hydrogens is 318 g/mol. The van der Waals surface area contributed by atoms with Gasteiger partial charge in [0.25, 0.3) is 5.56 Å². The summed E-state index contributed by atoms with van der Waals surface area (Å²) in [5.74, 6) is 0.391. The Bertz CT molecular complexity index is 693. The highest BCUT2D eigenvalue weighted by Gasteiger charge is 2.15. The second-order valence-electron chi connectivity index (χ2n) is 5.09. The Morgan fingerprint density at radius 3 is 2.61 bits per heavy atom. The standard InChI is InChI=1S/C15H22ClN5O2/c1-20-14(18)13(15(22)21(20)7-9-23-8-6-17)19-10-11-2-4-12(16)5-3-11/h2-5,19H,6-10,17-18H2,1H3. The Hall–Kier alpha value is -1.96. The maximum absolute atomic E-state index is 12.4. The Labute approximate surface area is 139 Å². The van der Waals surface area contributed by atoms with E-state index in [0.717, 1.165) is 5.56 Å². The third-order valence-corrected chi connectivity index (χ3v) is 3.76. The van der Waals surface area contributed by atoms with E-state index >= 15 is 0 Å². The van der Waals surface area contributed by atoms with E-state index in [0.29, 0.717) is 49.4 Å². The zero-order valence-electron chi connectivity index (χ0n) is 13.1. The van der Waals surface area contributed by atoms with Crippen LogP contribution in [0.5, 0.6) is 0 Å². The molecule has 23 heavy (non-hydrogen) atoms. The highest BCUT2D eigenvalue weighted by Crippen LogP contribution is 2.15. The van der Waals surface area contributed by atoms with Crippen molar-refractivity contribution in [2.45, 2.75) is 13.1 Å². The molecule has 0 unspecified atom stereocenters. The molecule has 126 valence electrons. The van der Waals surface area contributed by atoms with Crippen LogP contribution in [0, 0.1) is 0 Å². The number of aromatic nitrogens is 2. The van der Waals surface area contributed by atoms with Gasteiger partial charge in [-0.2, -0.15) is 0 Å². The number of nitrogens with one attached hydrogen (secondary N) is 1. The van der Waals surface area contributed by atoms with Crippen LogP contribution in [0.15, 0.2) is 29.1 Å². The van der Waals surface area contributed by atoms with Crippen LogP contribution < -0.4 is 22.3 Å². The average molecular weight is 340 g/mol. The van der Waals surface area contributed by atoms with Gasteiger partial charge in [0.2, 0.25) is 0 Å². The molecule has 0 fully saturated rings. The van der Waals surface area contributed by atoms with Crippen LogP contribution in [0.1, 0.15) is 5.56 Å². The molecule has 0 atom stereocenters. The number of hydrogen-bond acceptors (Lipinski definition) is 5. The Morgan fingerprint density at radius 2 is 1.96 bits per heavy atom. The third-order valence-electron chi connectivity index (χ3n) is 3.51. The lowest BCUT2D eigenvalue weighted by Crippen LogP contribution is -2.25. The van der Waals surface area contributed by atoms with Crippen LogP contribution in [0.3, 0.4) is 0 Å². The second kappa shape index (κ2) is 8.05. The van der Waals surface area contributed by atoms with Gasteiger partial charge < -0.3 is 21.5 Å². The molecule has 0 aliphatic rings. The van der Waals surface area contributed by atoms with Crippen molar-refractivity contribution in [3.8, 4) is 0 Å². The molecule has 0 saturated heterocycles. The average Bonchev–Trinajstić information content (AvgIpc) is 2.74. The Balaban J connectivity index is 2.07. The van der Waals surface area contributed by atoms with E-state index in [2.05, 4.69) is 5.32 Å². The molecule has 7 nitrogen and oxygen atoms in total. The van der Waals surface area contributed by atoms with E-state index in [1.807, 2.05) is 12.1 Å². The van der Waals surface area contributed by atoms with E-state index in [1.165, 1.54) is 4.68 Å². The zero-order chi connectivity index (χ0) is 16.8. The van der Waals surface area contributed by atoms with Gasteiger partial charge in [-0.1, -0.05) is 23.7 Å². The largest absolute Gasteiger partial charge is 0.382 e. The number of nitrogen functional groups attached to an aromatic ring is 1. The molecule has 0 spiro atoms. The molecular formula is C15H22ClN5O2. The van der Waals surface area contributed by atoms with Gasteiger partial charge in [-0.15, -0.1) is 0 Å². The van der Waals surface area contributed by atoms with Crippen LogP contribution in [0.4, 0.5) is 11.5 Å². The van der Waals surface area contributed by atoms with Crippen molar-refractivity contribution >= 4 is 23.1 Å². The summed E-state index contributed by atoms with van der Waals surface area (Å²) in [5, 5.41) is 3.77. The first-order chi connectivity index (χ1) is 11.0. The molecule has 0 radical (unpaired) electrons. The smallest absolute Gasteiger partial charge is 0.292 e. The van der Waals surface area contributed by atoms with E-state index in [9.17, 15) is 4.79 Å². The predicted octanol–water partition coefficient (Wildman–Crippen LogP) is 1.01. The van der Waals surface area contributed by atoms with E-state index in [-0.39, 0.29) is 5.56 Å². The summed E-state index contributed by atoms with van der Waals surface area (Å²) >= 11 is 5.86. The van der Waals surface area contributed by atoms with Gasteiger partial charge in [0.15, 0.2) is 0 Å². The molecule has 1 aromatic heterocycles. The van der Waals surface area contributed by atoms with Gasteiger partial charge >= 0.3 is 0 Å². The van der Waals surface area contributed by atoms with Gasteiger partial charge in [-0.25, -0.2) is 4.68 Å². The molecule has 0 bridgehead atoms. The number of nitrogens with two attached hydrogens (primary N) is 2. The van der Waals surface area contributed by atoms with Crippen molar-refractivity contribution in [3.63, 3.8) is 0 Å². The third kappa shape index (κ3) is 4.28. The molecule has 8 heteroatoms. The number of halogens is 1. The van der Waals surface area contributed by atoms with Gasteiger partial charge in [-0.3, -0.25) is 9.48 Å². The molecule has 2 rings (SSSR count). The lowest BCUT2D eigenvalue weighted by Gasteiger charge is -2.07. The zero-order valence-corrected chi connectivity index (χ0v) is 13.8. The quantitative estimate of drug-likeness (QED) is 0.623. The lowest BCUT2D eigenvalue weighted by molar-refractivity contribution is 0.127. The normalized spacial score (nSPS) is 10.9. The lowest BCUT2D eigenvalue weighted by atomic mass is 10.2. The number of ether oxygens (including phenoxy) is 1. The maximum atomic E-state index is 12.4. The van der Waals surface area contributed by atoms with Crippen molar-refractivity contribution in [3.05, 3.63) is 45.2 Å². The summed E-state index contributed by atoms with van der Waals surface area (Å²) in [6, 6.07) is 7.40. The van der Waals surface area contributed by atoms with Gasteiger partial charge in [0.05, 0.1) is 19.8 Å². The topological polar surface area (TPSA) is 100 Å². The first kappa shape index (κ1) is 17.4. The minimum atomic E-state index is -0.171. The van der Waals surface area contributed by atoms with Crippen LogP contribution in [-0.4, -0.2) is 29.1 Å². The van der Waals surface area contributed by atoms with Crippen LogP contribution in [-0.2, 0) is 24.9 Å². The highest BCUT2D eigenvalue weighted by molar-refractivity contribution is 6.30. The number of nitrogens with zero attached hydrogens (tertiary/aromatic N) is 2. The maximum Gasteiger partial charge on any atom is 0.292 e. The molecule has 2 aromatic rings. The van der Waals surface area contributed by atoms with Crippen molar-refractivity contribution < 1.29 is 4.74 Å². The fraction of sp³-hybridized carbons (Fsp3) is 0.400. The molecule has 0 aliphatic heterocycles. The van der Waals surface area contributed by atoms with Crippen molar-refractivity contribution in [1.82, 2.24) is 9.36 Å². The minimum Gasteiger partial charge on any atom is -0.382 e. The monoisotopic (exact) mass is 339 g/mol. The number of hydrogen-bond donors (Lipinski definition) is 3. The predicted molar refractivity (Wildman–Crippen MR) is 92.7 cm³/mol. The summed E-state index contributed by atoms with van der Waals surface area (Å²) in [4.78, 5) is 12.4. The van der Waals surface area contributed by atoms with Crippen LogP contribution in [0.25, 0.3) is 0 Å². The molecule has 0 aliphatic carbocycles. The summed E-state index contributed by atoms with van der Waals surface area (Å²) in [5.41, 5.74) is 12.6. The van der Waals surface area contributed by atoms with Gasteiger partial charge in [-0.05, 0) is 17.7 Å². The number of anilines is 2. The summed E-state index contributed by atoms with van der Waals surface area (Å²) in [6.07, 6.45) is 0. The fourth-order valence-electron chi connectivity index (χ4n) is 2.21. The van der Waals surface area contributed by atoms with Gasteiger partial charge in [0.1, 0.15) is 11.5 Å². The number of benzene rings is 1. The van der Waals surface area contributed by atoms with Crippen molar-refractivity contribution in [1.29, 1.82) is 0 Å².